The van der Waals surface area contributed by atoms with Crippen LogP contribution in [0.4, 0.5) is 5.95 Å². The van der Waals surface area contributed by atoms with Gasteiger partial charge in [0.1, 0.15) is 6.20 Å². The molecular weight excluding hydrogens is 230 g/mol. The minimum absolute atomic E-state index is 0.201. The molecule has 0 aliphatic heterocycles. The summed E-state index contributed by atoms with van der Waals surface area (Å²) >= 11 is 0. The second-order valence-electron chi connectivity index (χ2n) is 3.34. The van der Waals surface area contributed by atoms with Crippen LogP contribution in [0.2, 0.25) is 0 Å². The molecule has 0 saturated carbocycles. The fraction of sp³-hybridized carbons (Fsp3) is 0. The predicted molar refractivity (Wildman–Crippen MR) is 70.2 cm³/mol. The summed E-state index contributed by atoms with van der Waals surface area (Å²) in [6, 6.07) is 9.84. The molecule has 2 rings (SSSR count). The van der Waals surface area contributed by atoms with E-state index in [4.69, 9.17) is 0 Å². The van der Waals surface area contributed by atoms with Crippen LogP contribution in [0.3, 0.4) is 0 Å². The third kappa shape index (κ3) is 3.67. The Hall–Kier alpha value is -2.76. The molecular formula is C12H11N5O. The number of aromatic amines is 1. The van der Waals surface area contributed by atoms with Crippen molar-refractivity contribution < 1.29 is 0 Å². The third-order valence-electron chi connectivity index (χ3n) is 1.99. The average Bonchev–Trinajstić information content (AvgIpc) is 2.40. The SMILES string of the molecule is O=c1cnnc(N/N=C\C=C\c2ccccc2)[nH]1. The fourth-order valence-corrected chi connectivity index (χ4v) is 1.22. The molecule has 6 nitrogen and oxygen atoms in total. The molecule has 1 heterocycles. The van der Waals surface area contributed by atoms with E-state index in [-0.39, 0.29) is 11.5 Å². The van der Waals surface area contributed by atoms with E-state index in [1.54, 1.807) is 12.3 Å². The first kappa shape index (κ1) is 11.7. The highest BCUT2D eigenvalue weighted by atomic mass is 16.1. The van der Waals surface area contributed by atoms with Crippen molar-refractivity contribution >= 4 is 18.2 Å². The molecule has 2 aromatic rings. The molecule has 0 bridgehead atoms. The van der Waals surface area contributed by atoms with Crippen LogP contribution in [0.5, 0.6) is 0 Å². The van der Waals surface area contributed by atoms with Crippen LogP contribution in [0.15, 0.2) is 52.5 Å². The van der Waals surface area contributed by atoms with Gasteiger partial charge in [-0.1, -0.05) is 36.4 Å². The molecule has 0 unspecified atom stereocenters. The van der Waals surface area contributed by atoms with Gasteiger partial charge < -0.3 is 0 Å². The first-order chi connectivity index (χ1) is 8.84. The van der Waals surface area contributed by atoms with Gasteiger partial charge in [0.05, 0.1) is 0 Å². The van der Waals surface area contributed by atoms with Crippen LogP contribution >= 0.6 is 0 Å². The van der Waals surface area contributed by atoms with Gasteiger partial charge in [-0.25, -0.2) is 5.43 Å². The smallest absolute Gasteiger partial charge is 0.271 e. The number of hydrazone groups is 1. The zero-order chi connectivity index (χ0) is 12.6. The van der Waals surface area contributed by atoms with Crippen molar-refractivity contribution in [3.05, 3.63) is 58.5 Å². The standard InChI is InChI=1S/C12H11N5O/c18-11-9-14-17-12(15-11)16-13-8-4-7-10-5-2-1-3-6-10/h1-9H,(H2,15,16,17,18)/b7-4+,13-8-. The summed E-state index contributed by atoms with van der Waals surface area (Å²) in [6.45, 7) is 0. The Morgan fingerprint density at radius 2 is 2.11 bits per heavy atom. The monoisotopic (exact) mass is 241 g/mol. The van der Waals surface area contributed by atoms with Crippen molar-refractivity contribution in [3.63, 3.8) is 0 Å². The van der Waals surface area contributed by atoms with Gasteiger partial charge in [-0.05, 0) is 11.6 Å². The van der Waals surface area contributed by atoms with E-state index < -0.39 is 0 Å². The van der Waals surface area contributed by atoms with Gasteiger partial charge in [-0.15, -0.1) is 10.2 Å². The van der Waals surface area contributed by atoms with E-state index >= 15 is 0 Å². The Morgan fingerprint density at radius 1 is 1.28 bits per heavy atom. The number of rotatable bonds is 4. The molecule has 0 spiro atoms. The average molecular weight is 241 g/mol. The number of nitrogens with one attached hydrogen (secondary N) is 2. The van der Waals surface area contributed by atoms with Crippen molar-refractivity contribution in [1.82, 2.24) is 15.2 Å². The summed E-state index contributed by atoms with van der Waals surface area (Å²) in [6.07, 6.45) is 6.32. The summed E-state index contributed by atoms with van der Waals surface area (Å²) in [7, 11) is 0. The first-order valence-electron chi connectivity index (χ1n) is 5.27. The number of allylic oxidation sites excluding steroid dienone is 1. The molecule has 6 heteroatoms. The Kier molecular flexibility index (Phi) is 3.97. The topological polar surface area (TPSA) is 83.0 Å². The molecule has 0 amide bonds. The number of benzene rings is 1. The summed E-state index contributed by atoms with van der Waals surface area (Å²) in [4.78, 5) is 13.3. The normalized spacial score (nSPS) is 11.1. The third-order valence-corrected chi connectivity index (χ3v) is 1.99. The van der Waals surface area contributed by atoms with Gasteiger partial charge in [-0.2, -0.15) is 5.10 Å². The van der Waals surface area contributed by atoms with Crippen molar-refractivity contribution in [2.75, 3.05) is 5.43 Å². The molecule has 0 atom stereocenters. The molecule has 2 N–H and O–H groups in total. The summed E-state index contributed by atoms with van der Waals surface area (Å²) in [5.41, 5.74) is 3.31. The van der Waals surface area contributed by atoms with Crippen molar-refractivity contribution in [2.45, 2.75) is 0 Å². The highest BCUT2D eigenvalue weighted by Gasteiger charge is 1.90. The molecule has 0 aliphatic carbocycles. The van der Waals surface area contributed by atoms with E-state index in [9.17, 15) is 4.79 Å². The van der Waals surface area contributed by atoms with Gasteiger partial charge in [0.15, 0.2) is 0 Å². The quantitative estimate of drug-likeness (QED) is 0.624. The summed E-state index contributed by atoms with van der Waals surface area (Å²) < 4.78 is 0. The lowest BCUT2D eigenvalue weighted by Crippen LogP contribution is -2.10. The first-order valence-corrected chi connectivity index (χ1v) is 5.27. The Bertz CT molecular complexity index is 603. The van der Waals surface area contributed by atoms with Crippen molar-refractivity contribution in [3.8, 4) is 0 Å². The van der Waals surface area contributed by atoms with Gasteiger partial charge in [0.2, 0.25) is 5.95 Å². The fourth-order valence-electron chi connectivity index (χ4n) is 1.22. The highest BCUT2D eigenvalue weighted by molar-refractivity contribution is 5.78. The van der Waals surface area contributed by atoms with Crippen molar-refractivity contribution in [1.29, 1.82) is 0 Å². The second kappa shape index (κ2) is 6.09. The zero-order valence-corrected chi connectivity index (χ0v) is 9.45. The largest absolute Gasteiger partial charge is 0.289 e. The number of hydrogen-bond donors (Lipinski definition) is 2. The molecule has 0 radical (unpaired) electrons. The van der Waals surface area contributed by atoms with E-state index in [0.29, 0.717) is 0 Å². The second-order valence-corrected chi connectivity index (χ2v) is 3.34. The lowest BCUT2D eigenvalue weighted by atomic mass is 10.2. The van der Waals surface area contributed by atoms with E-state index in [1.807, 2.05) is 36.4 Å². The number of H-pyrrole nitrogens is 1. The van der Waals surface area contributed by atoms with Gasteiger partial charge in [0.25, 0.3) is 5.56 Å². The van der Waals surface area contributed by atoms with Crippen LogP contribution in [0, 0.1) is 0 Å². The van der Waals surface area contributed by atoms with E-state index in [2.05, 4.69) is 25.7 Å². The van der Waals surface area contributed by atoms with Crippen LogP contribution in [0.25, 0.3) is 6.08 Å². The number of hydrogen-bond acceptors (Lipinski definition) is 5. The molecule has 0 saturated heterocycles. The molecule has 0 fully saturated rings. The lowest BCUT2D eigenvalue weighted by molar-refractivity contribution is 0.939. The maximum Gasteiger partial charge on any atom is 0.271 e. The number of nitrogens with zero attached hydrogens (tertiary/aromatic N) is 3. The minimum Gasteiger partial charge on any atom is -0.289 e. The Balaban J connectivity index is 1.89. The van der Waals surface area contributed by atoms with Gasteiger partial charge >= 0.3 is 0 Å². The zero-order valence-electron chi connectivity index (χ0n) is 9.45. The van der Waals surface area contributed by atoms with Crippen LogP contribution in [-0.4, -0.2) is 21.4 Å². The molecule has 18 heavy (non-hydrogen) atoms. The minimum atomic E-state index is -0.331. The van der Waals surface area contributed by atoms with E-state index in [1.165, 1.54) is 0 Å². The number of anilines is 1. The summed E-state index contributed by atoms with van der Waals surface area (Å²) in [5.74, 6) is 0.201. The van der Waals surface area contributed by atoms with Gasteiger partial charge in [-0.3, -0.25) is 9.78 Å². The Morgan fingerprint density at radius 3 is 2.89 bits per heavy atom. The molecule has 1 aromatic carbocycles. The van der Waals surface area contributed by atoms with Crippen LogP contribution in [-0.2, 0) is 0 Å². The van der Waals surface area contributed by atoms with E-state index in [0.717, 1.165) is 11.8 Å². The maximum atomic E-state index is 10.9. The lowest BCUT2D eigenvalue weighted by Gasteiger charge is -1.94. The molecule has 1 aromatic heterocycles. The number of aromatic nitrogens is 3. The molecule has 90 valence electrons. The maximum absolute atomic E-state index is 10.9. The van der Waals surface area contributed by atoms with Crippen LogP contribution < -0.4 is 11.0 Å². The van der Waals surface area contributed by atoms with Gasteiger partial charge in [0, 0.05) is 6.21 Å². The molecule has 0 aliphatic rings. The van der Waals surface area contributed by atoms with Crippen molar-refractivity contribution in [2.24, 2.45) is 5.10 Å². The predicted octanol–water partition coefficient (Wildman–Crippen LogP) is 1.28. The Labute approximate surface area is 103 Å². The highest BCUT2D eigenvalue weighted by Crippen LogP contribution is 1.99. The summed E-state index contributed by atoms with van der Waals surface area (Å²) in [5, 5.41) is 11.0. The van der Waals surface area contributed by atoms with Crippen LogP contribution in [0.1, 0.15) is 5.56 Å².